The lowest BCUT2D eigenvalue weighted by atomic mass is 10.0. The standard InChI is InChI=1S/C19H23N3O2/c20-16-8-7-14(13-17(16)21)19(23)15-5-1-2-6-18(15)24-12-11-22-9-3-4-10-22/h1-2,5-8,13H,3-4,9-12,20-21H2. The average molecular weight is 325 g/mol. The van der Waals surface area contributed by atoms with Gasteiger partial charge in [-0.15, -0.1) is 0 Å². The number of hydrogen-bond donors (Lipinski definition) is 2. The van der Waals surface area contributed by atoms with Crippen LogP contribution >= 0.6 is 0 Å². The van der Waals surface area contributed by atoms with Crippen molar-refractivity contribution in [2.75, 3.05) is 37.7 Å². The Kier molecular flexibility index (Phi) is 5.01. The predicted octanol–water partition coefficient (Wildman–Crippen LogP) is 2.56. The van der Waals surface area contributed by atoms with E-state index in [9.17, 15) is 4.79 Å². The third-order valence-electron chi connectivity index (χ3n) is 4.34. The van der Waals surface area contributed by atoms with E-state index in [-0.39, 0.29) is 5.78 Å². The number of rotatable bonds is 6. The van der Waals surface area contributed by atoms with Gasteiger partial charge in [0, 0.05) is 12.1 Å². The first kappa shape index (κ1) is 16.3. The molecule has 4 N–H and O–H groups in total. The van der Waals surface area contributed by atoms with Crippen molar-refractivity contribution < 1.29 is 9.53 Å². The van der Waals surface area contributed by atoms with Gasteiger partial charge in [-0.1, -0.05) is 12.1 Å². The molecule has 3 rings (SSSR count). The van der Waals surface area contributed by atoms with Crippen molar-refractivity contribution in [1.29, 1.82) is 0 Å². The molecule has 1 heterocycles. The molecule has 1 saturated heterocycles. The van der Waals surface area contributed by atoms with Crippen LogP contribution in [-0.4, -0.2) is 36.9 Å². The molecule has 0 radical (unpaired) electrons. The summed E-state index contributed by atoms with van der Waals surface area (Å²) < 4.78 is 5.88. The normalized spacial score (nSPS) is 14.7. The highest BCUT2D eigenvalue weighted by atomic mass is 16.5. The maximum absolute atomic E-state index is 12.8. The van der Waals surface area contributed by atoms with E-state index in [0.717, 1.165) is 19.6 Å². The van der Waals surface area contributed by atoms with Crippen molar-refractivity contribution in [2.24, 2.45) is 0 Å². The van der Waals surface area contributed by atoms with Crippen molar-refractivity contribution in [1.82, 2.24) is 4.90 Å². The first-order valence-electron chi connectivity index (χ1n) is 8.29. The zero-order valence-electron chi connectivity index (χ0n) is 13.7. The Labute approximate surface area is 142 Å². The number of nitrogens with zero attached hydrogens (tertiary/aromatic N) is 1. The van der Waals surface area contributed by atoms with Crippen LogP contribution in [0.25, 0.3) is 0 Å². The number of para-hydroxylation sites is 1. The summed E-state index contributed by atoms with van der Waals surface area (Å²) in [6, 6.07) is 12.3. The minimum absolute atomic E-state index is 0.113. The smallest absolute Gasteiger partial charge is 0.196 e. The minimum atomic E-state index is -0.113. The van der Waals surface area contributed by atoms with Gasteiger partial charge in [0.05, 0.1) is 16.9 Å². The molecule has 0 spiro atoms. The molecule has 1 aliphatic heterocycles. The van der Waals surface area contributed by atoms with E-state index in [1.165, 1.54) is 12.8 Å². The summed E-state index contributed by atoms with van der Waals surface area (Å²) >= 11 is 0. The Morgan fingerprint density at radius 2 is 1.79 bits per heavy atom. The zero-order valence-corrected chi connectivity index (χ0v) is 13.7. The van der Waals surface area contributed by atoms with Crippen LogP contribution in [0.4, 0.5) is 11.4 Å². The van der Waals surface area contributed by atoms with Gasteiger partial charge >= 0.3 is 0 Å². The molecular formula is C19H23N3O2. The van der Waals surface area contributed by atoms with Gasteiger partial charge in [-0.05, 0) is 56.3 Å². The summed E-state index contributed by atoms with van der Waals surface area (Å²) in [5, 5.41) is 0. The Morgan fingerprint density at radius 1 is 1.04 bits per heavy atom. The molecule has 0 bridgehead atoms. The number of carbonyl (C=O) groups excluding carboxylic acids is 1. The number of nitrogens with two attached hydrogens (primary N) is 2. The van der Waals surface area contributed by atoms with Crippen molar-refractivity contribution >= 4 is 17.2 Å². The molecule has 126 valence electrons. The molecule has 2 aromatic rings. The maximum Gasteiger partial charge on any atom is 0.196 e. The summed E-state index contributed by atoms with van der Waals surface area (Å²) in [7, 11) is 0. The van der Waals surface area contributed by atoms with Crippen molar-refractivity contribution in [3.63, 3.8) is 0 Å². The largest absolute Gasteiger partial charge is 0.491 e. The molecule has 5 nitrogen and oxygen atoms in total. The van der Waals surface area contributed by atoms with Gasteiger partial charge in [-0.3, -0.25) is 9.69 Å². The molecule has 0 atom stereocenters. The molecule has 0 saturated carbocycles. The molecule has 5 heteroatoms. The Bertz CT molecular complexity index is 724. The van der Waals surface area contributed by atoms with E-state index < -0.39 is 0 Å². The highest BCUT2D eigenvalue weighted by molar-refractivity contribution is 6.11. The molecular weight excluding hydrogens is 302 g/mol. The van der Waals surface area contributed by atoms with E-state index in [1.807, 2.05) is 18.2 Å². The molecule has 0 unspecified atom stereocenters. The van der Waals surface area contributed by atoms with Gasteiger partial charge in [-0.25, -0.2) is 0 Å². The Balaban J connectivity index is 1.72. The second-order valence-electron chi connectivity index (χ2n) is 6.07. The van der Waals surface area contributed by atoms with Crippen molar-refractivity contribution in [2.45, 2.75) is 12.8 Å². The molecule has 1 fully saturated rings. The van der Waals surface area contributed by atoms with E-state index in [4.69, 9.17) is 16.2 Å². The topological polar surface area (TPSA) is 81.6 Å². The third kappa shape index (κ3) is 3.68. The van der Waals surface area contributed by atoms with Crippen LogP contribution in [-0.2, 0) is 0 Å². The second kappa shape index (κ2) is 7.36. The van der Waals surface area contributed by atoms with Crippen molar-refractivity contribution in [3.8, 4) is 5.75 Å². The fraction of sp³-hybridized carbons (Fsp3) is 0.316. The third-order valence-corrected chi connectivity index (χ3v) is 4.34. The quantitative estimate of drug-likeness (QED) is 0.630. The van der Waals surface area contributed by atoms with Crippen LogP contribution in [0.3, 0.4) is 0 Å². The lowest BCUT2D eigenvalue weighted by Crippen LogP contribution is -2.25. The molecule has 1 aliphatic rings. The number of nitrogen functional groups attached to an aromatic ring is 2. The van der Waals surface area contributed by atoms with Crippen LogP contribution in [0, 0.1) is 0 Å². The van der Waals surface area contributed by atoms with E-state index in [0.29, 0.717) is 34.9 Å². The summed E-state index contributed by atoms with van der Waals surface area (Å²) in [5.41, 5.74) is 13.5. The number of hydrogen-bond acceptors (Lipinski definition) is 5. The number of carbonyl (C=O) groups is 1. The summed E-state index contributed by atoms with van der Waals surface area (Å²) in [5.74, 6) is 0.496. The van der Waals surface area contributed by atoms with Crippen LogP contribution in [0.15, 0.2) is 42.5 Å². The second-order valence-corrected chi connectivity index (χ2v) is 6.07. The number of likely N-dealkylation sites (tertiary alicyclic amines) is 1. The first-order valence-corrected chi connectivity index (χ1v) is 8.29. The molecule has 0 amide bonds. The average Bonchev–Trinajstić information content (AvgIpc) is 3.11. The van der Waals surface area contributed by atoms with E-state index in [2.05, 4.69) is 4.90 Å². The van der Waals surface area contributed by atoms with Gasteiger partial charge in [0.25, 0.3) is 0 Å². The number of ether oxygens (including phenoxy) is 1. The summed E-state index contributed by atoms with van der Waals surface area (Å²) in [6.45, 7) is 3.73. The lowest BCUT2D eigenvalue weighted by molar-refractivity contribution is 0.103. The highest BCUT2D eigenvalue weighted by Gasteiger charge is 2.16. The van der Waals surface area contributed by atoms with Crippen LogP contribution in [0.5, 0.6) is 5.75 Å². The van der Waals surface area contributed by atoms with Gasteiger partial charge in [0.2, 0.25) is 0 Å². The van der Waals surface area contributed by atoms with Crippen LogP contribution < -0.4 is 16.2 Å². The number of benzene rings is 2. The fourth-order valence-corrected chi connectivity index (χ4v) is 2.94. The Morgan fingerprint density at radius 3 is 2.54 bits per heavy atom. The Hall–Kier alpha value is -2.53. The predicted molar refractivity (Wildman–Crippen MR) is 96.3 cm³/mol. The van der Waals surface area contributed by atoms with Gasteiger partial charge in [0.1, 0.15) is 12.4 Å². The monoisotopic (exact) mass is 325 g/mol. The number of ketones is 1. The van der Waals surface area contributed by atoms with Gasteiger partial charge in [-0.2, -0.15) is 0 Å². The zero-order chi connectivity index (χ0) is 16.9. The van der Waals surface area contributed by atoms with E-state index in [1.54, 1.807) is 24.3 Å². The summed E-state index contributed by atoms with van der Waals surface area (Å²) in [6.07, 6.45) is 2.52. The first-order chi connectivity index (χ1) is 11.6. The molecule has 24 heavy (non-hydrogen) atoms. The van der Waals surface area contributed by atoms with Crippen molar-refractivity contribution in [3.05, 3.63) is 53.6 Å². The molecule has 0 aromatic heterocycles. The van der Waals surface area contributed by atoms with Crippen LogP contribution in [0.1, 0.15) is 28.8 Å². The SMILES string of the molecule is Nc1ccc(C(=O)c2ccccc2OCCN2CCCC2)cc1N. The van der Waals surface area contributed by atoms with Gasteiger partial charge < -0.3 is 16.2 Å². The number of anilines is 2. The van der Waals surface area contributed by atoms with E-state index >= 15 is 0 Å². The van der Waals surface area contributed by atoms with Gasteiger partial charge in [0.15, 0.2) is 5.78 Å². The maximum atomic E-state index is 12.8. The molecule has 0 aliphatic carbocycles. The lowest BCUT2D eigenvalue weighted by Gasteiger charge is -2.16. The van der Waals surface area contributed by atoms with Crippen LogP contribution in [0.2, 0.25) is 0 Å². The highest BCUT2D eigenvalue weighted by Crippen LogP contribution is 2.24. The summed E-state index contributed by atoms with van der Waals surface area (Å²) in [4.78, 5) is 15.1. The fourth-order valence-electron chi connectivity index (χ4n) is 2.94. The molecule has 2 aromatic carbocycles. The minimum Gasteiger partial charge on any atom is -0.491 e.